The molecule has 0 heterocycles. The first-order valence-corrected chi connectivity index (χ1v) is 7.30. The topological polar surface area (TPSA) is 61.7 Å². The number of halogens is 1. The summed E-state index contributed by atoms with van der Waals surface area (Å²) in [7, 11) is 0. The van der Waals surface area contributed by atoms with Crippen molar-refractivity contribution in [1.29, 1.82) is 0 Å². The molecule has 2 aromatic rings. The summed E-state index contributed by atoms with van der Waals surface area (Å²) in [5.74, 6) is -0.514. The summed E-state index contributed by atoms with van der Waals surface area (Å²) in [5.41, 5.74) is 3.81. The maximum Gasteiger partial charge on any atom is 0.275 e. The van der Waals surface area contributed by atoms with Gasteiger partial charge in [0, 0.05) is 10.7 Å². The van der Waals surface area contributed by atoms with E-state index in [1.165, 1.54) is 11.6 Å². The number of phenols is 1. The molecule has 5 heteroatoms. The molecule has 0 aliphatic carbocycles. The summed E-state index contributed by atoms with van der Waals surface area (Å²) in [6, 6.07) is 14.7. The van der Waals surface area contributed by atoms with E-state index in [1.54, 1.807) is 18.3 Å². The maximum atomic E-state index is 11.8. The van der Waals surface area contributed by atoms with Crippen LogP contribution in [0.15, 0.2) is 58.1 Å². The number of hydrogen-bond donors (Lipinski definition) is 2. The van der Waals surface area contributed by atoms with Crippen LogP contribution in [-0.4, -0.2) is 17.2 Å². The molecule has 1 amide bonds. The van der Waals surface area contributed by atoms with Crippen LogP contribution in [0, 0.1) is 0 Å². The molecule has 0 saturated carbocycles. The Balaban J connectivity index is 1.83. The van der Waals surface area contributed by atoms with Gasteiger partial charge in [0.1, 0.15) is 5.75 Å². The van der Waals surface area contributed by atoms with Crippen LogP contribution >= 0.6 is 15.9 Å². The molecular formula is C16H15BrN2O2. The first kappa shape index (κ1) is 15.3. The van der Waals surface area contributed by atoms with Gasteiger partial charge in [-0.15, -0.1) is 0 Å². The molecule has 0 unspecified atom stereocenters. The van der Waals surface area contributed by atoms with Crippen molar-refractivity contribution >= 4 is 28.1 Å². The van der Waals surface area contributed by atoms with Crippen molar-refractivity contribution in [2.45, 2.75) is 12.8 Å². The Morgan fingerprint density at radius 3 is 2.76 bits per heavy atom. The van der Waals surface area contributed by atoms with Crippen LogP contribution < -0.4 is 5.43 Å². The zero-order valence-electron chi connectivity index (χ0n) is 11.3. The fourth-order valence-corrected chi connectivity index (χ4v) is 2.16. The number of nitrogens with zero attached hydrogens (tertiary/aromatic N) is 1. The molecule has 0 bridgehead atoms. The third kappa shape index (κ3) is 4.72. The number of hydrazone groups is 1. The van der Waals surface area contributed by atoms with E-state index >= 15 is 0 Å². The average Bonchev–Trinajstić information content (AvgIpc) is 2.50. The van der Waals surface area contributed by atoms with Crippen LogP contribution in [-0.2, 0) is 6.42 Å². The number of rotatable bonds is 5. The highest BCUT2D eigenvalue weighted by atomic mass is 79.9. The van der Waals surface area contributed by atoms with E-state index in [1.807, 2.05) is 30.3 Å². The van der Waals surface area contributed by atoms with E-state index in [0.717, 1.165) is 17.3 Å². The number of carbonyl (C=O) groups is 1. The van der Waals surface area contributed by atoms with Crippen LogP contribution in [0.3, 0.4) is 0 Å². The number of aryl methyl sites for hydroxylation is 1. The Hall–Kier alpha value is -2.14. The van der Waals surface area contributed by atoms with E-state index in [0.29, 0.717) is 0 Å². The van der Waals surface area contributed by atoms with Gasteiger partial charge in [-0.3, -0.25) is 4.79 Å². The highest BCUT2D eigenvalue weighted by Gasteiger charge is 2.10. The lowest BCUT2D eigenvalue weighted by Crippen LogP contribution is -2.17. The largest absolute Gasteiger partial charge is 0.507 e. The van der Waals surface area contributed by atoms with Gasteiger partial charge in [0.15, 0.2) is 0 Å². The smallest absolute Gasteiger partial charge is 0.275 e. The van der Waals surface area contributed by atoms with Gasteiger partial charge in [-0.05, 0) is 36.6 Å². The zero-order chi connectivity index (χ0) is 15.1. The summed E-state index contributed by atoms with van der Waals surface area (Å²) in [6.07, 6.45) is 3.25. The first-order chi connectivity index (χ1) is 10.2. The van der Waals surface area contributed by atoms with Gasteiger partial charge >= 0.3 is 0 Å². The summed E-state index contributed by atoms with van der Waals surface area (Å²) in [5, 5.41) is 13.5. The van der Waals surface area contributed by atoms with Gasteiger partial charge in [0.25, 0.3) is 5.91 Å². The molecule has 2 aromatic carbocycles. The lowest BCUT2D eigenvalue weighted by Gasteiger charge is -2.03. The number of hydrogen-bond acceptors (Lipinski definition) is 3. The number of carbonyl (C=O) groups excluding carboxylic acids is 1. The lowest BCUT2D eigenvalue weighted by molar-refractivity contribution is 0.0952. The van der Waals surface area contributed by atoms with Gasteiger partial charge in [-0.1, -0.05) is 46.3 Å². The Labute approximate surface area is 131 Å². The van der Waals surface area contributed by atoms with Gasteiger partial charge in [0.2, 0.25) is 0 Å². The SMILES string of the molecule is O=C(N/N=C/CCc1ccccc1)c1cc(Br)ccc1O. The van der Waals surface area contributed by atoms with Crippen LogP contribution in [0.1, 0.15) is 22.3 Å². The molecule has 0 atom stereocenters. The predicted octanol–water partition coefficient (Wildman–Crippen LogP) is 3.50. The minimum atomic E-state index is -0.440. The summed E-state index contributed by atoms with van der Waals surface area (Å²) >= 11 is 3.25. The van der Waals surface area contributed by atoms with Crippen LogP contribution in [0.25, 0.3) is 0 Å². The van der Waals surface area contributed by atoms with Crippen molar-refractivity contribution in [1.82, 2.24) is 5.43 Å². The Kier molecular flexibility index (Phi) is 5.51. The minimum absolute atomic E-state index is 0.0739. The third-order valence-corrected chi connectivity index (χ3v) is 3.36. The Morgan fingerprint density at radius 2 is 2.00 bits per heavy atom. The second-order valence-electron chi connectivity index (χ2n) is 4.44. The predicted molar refractivity (Wildman–Crippen MR) is 86.5 cm³/mol. The number of nitrogens with one attached hydrogen (secondary N) is 1. The fraction of sp³-hybridized carbons (Fsp3) is 0.125. The monoisotopic (exact) mass is 346 g/mol. The maximum absolute atomic E-state index is 11.8. The molecule has 21 heavy (non-hydrogen) atoms. The van der Waals surface area contributed by atoms with E-state index in [2.05, 4.69) is 26.5 Å². The molecule has 2 rings (SSSR count). The molecule has 0 fully saturated rings. The molecular weight excluding hydrogens is 332 g/mol. The second kappa shape index (κ2) is 7.59. The molecule has 4 nitrogen and oxygen atoms in total. The van der Waals surface area contributed by atoms with Crippen molar-refractivity contribution in [3.05, 3.63) is 64.1 Å². The zero-order valence-corrected chi connectivity index (χ0v) is 12.9. The summed E-state index contributed by atoms with van der Waals surface area (Å²) < 4.78 is 0.721. The van der Waals surface area contributed by atoms with Crippen molar-refractivity contribution in [2.75, 3.05) is 0 Å². The molecule has 0 aliphatic heterocycles. The van der Waals surface area contributed by atoms with Crippen LogP contribution in [0.5, 0.6) is 5.75 Å². The van der Waals surface area contributed by atoms with Crippen molar-refractivity contribution < 1.29 is 9.90 Å². The standard InChI is InChI=1S/C16H15BrN2O2/c17-13-8-9-15(20)14(11-13)16(21)19-18-10-4-7-12-5-2-1-3-6-12/h1-3,5-6,8-11,20H,4,7H2,(H,19,21)/b18-10+. The van der Waals surface area contributed by atoms with Crippen molar-refractivity contribution in [2.24, 2.45) is 5.10 Å². The number of benzene rings is 2. The van der Waals surface area contributed by atoms with Gasteiger partial charge < -0.3 is 5.11 Å². The average molecular weight is 347 g/mol. The number of aromatic hydroxyl groups is 1. The normalized spacial score (nSPS) is 10.7. The molecule has 0 aromatic heterocycles. The first-order valence-electron chi connectivity index (χ1n) is 6.51. The molecule has 108 valence electrons. The van der Waals surface area contributed by atoms with Gasteiger partial charge in [-0.25, -0.2) is 5.43 Å². The van der Waals surface area contributed by atoms with Crippen LogP contribution in [0.2, 0.25) is 0 Å². The summed E-state index contributed by atoms with van der Waals surface area (Å²) in [4.78, 5) is 11.8. The van der Waals surface area contributed by atoms with E-state index in [4.69, 9.17) is 0 Å². The Bertz CT molecular complexity index is 642. The summed E-state index contributed by atoms with van der Waals surface area (Å²) in [6.45, 7) is 0. The molecule has 0 aliphatic rings. The number of phenolic OH excluding ortho intramolecular Hbond substituents is 1. The van der Waals surface area contributed by atoms with Crippen molar-refractivity contribution in [3.63, 3.8) is 0 Å². The second-order valence-corrected chi connectivity index (χ2v) is 5.35. The van der Waals surface area contributed by atoms with Gasteiger partial charge in [0.05, 0.1) is 5.56 Å². The highest BCUT2D eigenvalue weighted by Crippen LogP contribution is 2.21. The highest BCUT2D eigenvalue weighted by molar-refractivity contribution is 9.10. The third-order valence-electron chi connectivity index (χ3n) is 2.87. The minimum Gasteiger partial charge on any atom is -0.507 e. The molecule has 0 spiro atoms. The molecule has 2 N–H and O–H groups in total. The van der Waals surface area contributed by atoms with Crippen molar-refractivity contribution in [3.8, 4) is 5.75 Å². The molecule has 0 saturated heterocycles. The Morgan fingerprint density at radius 1 is 1.24 bits per heavy atom. The number of amides is 1. The lowest BCUT2D eigenvalue weighted by atomic mass is 10.1. The van der Waals surface area contributed by atoms with E-state index < -0.39 is 5.91 Å². The molecule has 0 radical (unpaired) electrons. The van der Waals surface area contributed by atoms with Gasteiger partial charge in [-0.2, -0.15) is 5.10 Å². The van der Waals surface area contributed by atoms with Crippen LogP contribution in [0.4, 0.5) is 0 Å². The van der Waals surface area contributed by atoms with E-state index in [9.17, 15) is 9.90 Å². The van der Waals surface area contributed by atoms with E-state index in [-0.39, 0.29) is 11.3 Å². The fourth-order valence-electron chi connectivity index (χ4n) is 1.80. The quantitative estimate of drug-likeness (QED) is 0.642.